The Balaban J connectivity index is 1.51. The smallest absolute Gasteiger partial charge is 0.384 e. The number of rotatable bonds is 7. The summed E-state index contributed by atoms with van der Waals surface area (Å²) in [6.45, 7) is -0.0115. The van der Waals surface area contributed by atoms with E-state index in [-0.39, 0.29) is 22.3 Å². The van der Waals surface area contributed by atoms with Gasteiger partial charge in [-0.05, 0) is 42.0 Å². The second-order valence-electron chi connectivity index (χ2n) is 7.95. The summed E-state index contributed by atoms with van der Waals surface area (Å²) in [4.78, 5) is 28.2. The van der Waals surface area contributed by atoms with Gasteiger partial charge in [0.2, 0.25) is 0 Å². The quantitative estimate of drug-likeness (QED) is 0.209. The van der Waals surface area contributed by atoms with Crippen LogP contribution in [0.3, 0.4) is 0 Å². The summed E-state index contributed by atoms with van der Waals surface area (Å²) in [5.41, 5.74) is -1.40. The molecule has 3 aromatic rings. The molecule has 36 heavy (non-hydrogen) atoms. The van der Waals surface area contributed by atoms with Crippen LogP contribution in [-0.2, 0) is 11.0 Å². The molecule has 2 unspecified atom stereocenters. The molecule has 0 saturated heterocycles. The van der Waals surface area contributed by atoms with Gasteiger partial charge >= 0.3 is 6.18 Å². The van der Waals surface area contributed by atoms with Crippen LogP contribution < -0.4 is 10.6 Å². The number of anilines is 2. The van der Waals surface area contributed by atoms with E-state index in [0.717, 1.165) is 5.38 Å². The van der Waals surface area contributed by atoms with Crippen molar-refractivity contribution in [3.63, 3.8) is 0 Å². The van der Waals surface area contributed by atoms with Crippen molar-refractivity contribution in [2.24, 2.45) is 5.41 Å². The molecule has 2 aromatic carbocycles. The summed E-state index contributed by atoms with van der Waals surface area (Å²) in [6.07, 6.45) is -3.98. The molecule has 0 radical (unpaired) electrons. The van der Waals surface area contributed by atoms with Gasteiger partial charge in [-0.25, -0.2) is 4.98 Å². The molecule has 0 spiro atoms. The molecular weight excluding hydrogens is 605 g/mol. The molecule has 0 aliphatic heterocycles. The summed E-state index contributed by atoms with van der Waals surface area (Å²) in [6, 6.07) is 9.14. The number of aromatic nitrogens is 1. The maximum Gasteiger partial charge on any atom is 0.434 e. The third-order valence-corrected chi connectivity index (χ3v) is 8.32. The number of carbonyl (C=O) groups is 2. The SMILES string of the molecule is O=CC1(CNc2ccc(Cl)c(C(=O)Nc3nc(C(F)(F)F)cs3)c2)C(c2cc(Cl)cc(Cl)c2)C1(Cl)Cl. The maximum absolute atomic E-state index is 12.8. The van der Waals surface area contributed by atoms with Crippen molar-refractivity contribution in [2.75, 3.05) is 17.2 Å². The van der Waals surface area contributed by atoms with Gasteiger partial charge in [0.1, 0.15) is 10.6 Å². The zero-order valence-corrected chi connectivity index (χ0v) is 22.2. The first-order valence-corrected chi connectivity index (χ1v) is 12.7. The number of thiazole rings is 1. The lowest BCUT2D eigenvalue weighted by molar-refractivity contribution is -0.140. The highest BCUT2D eigenvalue weighted by Crippen LogP contribution is 2.73. The number of aldehydes is 1. The predicted molar refractivity (Wildman–Crippen MR) is 137 cm³/mol. The van der Waals surface area contributed by atoms with Gasteiger partial charge in [0.25, 0.3) is 5.91 Å². The van der Waals surface area contributed by atoms with Gasteiger partial charge in [0, 0.05) is 33.6 Å². The van der Waals surface area contributed by atoms with Gasteiger partial charge in [0.15, 0.2) is 10.8 Å². The van der Waals surface area contributed by atoms with Gasteiger partial charge in [-0.2, -0.15) is 13.2 Å². The molecule has 2 atom stereocenters. The van der Waals surface area contributed by atoms with E-state index in [1.807, 2.05) is 0 Å². The summed E-state index contributed by atoms with van der Waals surface area (Å²) in [7, 11) is 0. The molecule has 4 rings (SSSR count). The average Bonchev–Trinajstić information content (AvgIpc) is 3.05. The molecule has 1 fully saturated rings. The number of halogens is 8. The van der Waals surface area contributed by atoms with Gasteiger partial charge in [0.05, 0.1) is 16.0 Å². The number of hydrogen-bond donors (Lipinski definition) is 2. The van der Waals surface area contributed by atoms with E-state index in [9.17, 15) is 22.8 Å². The highest BCUT2D eigenvalue weighted by atomic mass is 35.5. The van der Waals surface area contributed by atoms with Crippen LogP contribution in [0.4, 0.5) is 24.0 Å². The fourth-order valence-corrected chi connectivity index (χ4v) is 6.25. The van der Waals surface area contributed by atoms with Gasteiger partial charge in [-0.15, -0.1) is 11.3 Å². The van der Waals surface area contributed by atoms with Crippen LogP contribution in [0.25, 0.3) is 0 Å². The van der Waals surface area contributed by atoms with Crippen LogP contribution in [0.5, 0.6) is 0 Å². The number of nitrogens with one attached hydrogen (secondary N) is 2. The molecule has 1 aliphatic rings. The first kappa shape index (κ1) is 27.3. The molecule has 1 heterocycles. The number of amides is 1. The van der Waals surface area contributed by atoms with E-state index in [1.165, 1.54) is 18.2 Å². The highest BCUT2D eigenvalue weighted by molar-refractivity contribution is 7.14. The average molecular weight is 618 g/mol. The number of nitrogens with zero attached hydrogens (tertiary/aromatic N) is 1. The van der Waals surface area contributed by atoms with E-state index in [2.05, 4.69) is 15.6 Å². The minimum Gasteiger partial charge on any atom is -0.384 e. The minimum atomic E-state index is -4.63. The highest BCUT2D eigenvalue weighted by Gasteiger charge is 2.76. The van der Waals surface area contributed by atoms with E-state index in [4.69, 9.17) is 58.0 Å². The van der Waals surface area contributed by atoms with E-state index < -0.39 is 33.4 Å². The maximum atomic E-state index is 12.8. The lowest BCUT2D eigenvalue weighted by Gasteiger charge is -2.15. The third kappa shape index (κ3) is 5.14. The Morgan fingerprint density at radius 2 is 1.78 bits per heavy atom. The molecule has 0 bridgehead atoms. The minimum absolute atomic E-state index is 0.0115. The van der Waals surface area contributed by atoms with Crippen LogP contribution in [0.1, 0.15) is 27.5 Å². The summed E-state index contributed by atoms with van der Waals surface area (Å²) < 4.78 is 36.9. The lowest BCUT2D eigenvalue weighted by Crippen LogP contribution is -2.23. The molecule has 1 aromatic heterocycles. The summed E-state index contributed by atoms with van der Waals surface area (Å²) in [5, 5.41) is 6.65. The number of benzene rings is 2. The van der Waals surface area contributed by atoms with Gasteiger partial charge in [-0.3, -0.25) is 10.1 Å². The lowest BCUT2D eigenvalue weighted by atomic mass is 10.00. The predicted octanol–water partition coefficient (Wildman–Crippen LogP) is 7.94. The topological polar surface area (TPSA) is 71.1 Å². The van der Waals surface area contributed by atoms with Crippen molar-refractivity contribution in [1.82, 2.24) is 4.98 Å². The molecule has 2 N–H and O–H groups in total. The largest absolute Gasteiger partial charge is 0.434 e. The zero-order valence-electron chi connectivity index (χ0n) is 17.6. The first-order valence-electron chi connectivity index (χ1n) is 9.96. The summed E-state index contributed by atoms with van der Waals surface area (Å²) >= 11 is 31.9. The van der Waals surface area contributed by atoms with Crippen LogP contribution in [-0.4, -0.2) is 28.1 Å². The molecule has 1 aliphatic carbocycles. The summed E-state index contributed by atoms with van der Waals surface area (Å²) in [5.74, 6) is -1.38. The Kier molecular flexibility index (Phi) is 7.47. The molecule has 1 amide bonds. The van der Waals surface area contributed by atoms with E-state index in [1.54, 1.807) is 18.2 Å². The van der Waals surface area contributed by atoms with Crippen LogP contribution in [0, 0.1) is 5.41 Å². The van der Waals surface area contributed by atoms with Crippen molar-refractivity contribution < 1.29 is 22.8 Å². The van der Waals surface area contributed by atoms with Crippen molar-refractivity contribution in [2.45, 2.75) is 16.4 Å². The Labute approximate surface area is 231 Å². The molecule has 5 nitrogen and oxygen atoms in total. The van der Waals surface area contributed by atoms with Crippen molar-refractivity contribution >= 4 is 92.4 Å². The number of hydrogen-bond acceptors (Lipinski definition) is 5. The fraction of sp³-hybridized carbons (Fsp3) is 0.227. The van der Waals surface area contributed by atoms with Gasteiger partial charge < -0.3 is 10.1 Å². The zero-order chi connectivity index (χ0) is 26.5. The first-order chi connectivity index (χ1) is 16.8. The number of alkyl halides is 5. The van der Waals surface area contributed by atoms with Crippen molar-refractivity contribution in [3.05, 3.63) is 73.7 Å². The molecular formula is C22H13Cl5F3N3O2S. The normalized spacial score (nSPS) is 20.6. The second-order valence-corrected chi connectivity index (χ2v) is 11.5. The van der Waals surface area contributed by atoms with Gasteiger partial charge in [-0.1, -0.05) is 58.0 Å². The Hall–Kier alpha value is -1.75. The van der Waals surface area contributed by atoms with Crippen LogP contribution in [0.2, 0.25) is 15.1 Å². The third-order valence-electron chi connectivity index (χ3n) is 5.65. The van der Waals surface area contributed by atoms with E-state index in [0.29, 0.717) is 38.9 Å². The Morgan fingerprint density at radius 1 is 1.11 bits per heavy atom. The fourth-order valence-electron chi connectivity index (χ4n) is 3.82. The molecule has 14 heteroatoms. The van der Waals surface area contributed by atoms with Crippen LogP contribution in [0.15, 0.2) is 41.8 Å². The van der Waals surface area contributed by atoms with Crippen LogP contribution >= 0.6 is 69.3 Å². The van der Waals surface area contributed by atoms with Crippen molar-refractivity contribution in [1.29, 1.82) is 0 Å². The second kappa shape index (κ2) is 9.85. The van der Waals surface area contributed by atoms with Crippen molar-refractivity contribution in [3.8, 4) is 0 Å². The monoisotopic (exact) mass is 615 g/mol. The molecule has 1 saturated carbocycles. The number of carbonyl (C=O) groups excluding carboxylic acids is 2. The van der Waals surface area contributed by atoms with E-state index >= 15 is 0 Å². The molecule has 190 valence electrons. The standard InChI is InChI=1S/C22H13Cl5F3N3O2S/c23-11-3-10(4-12(24)5-11)17-20(9-34,21(17,26)27)8-31-13-1-2-15(25)14(6-13)18(35)33-19-32-16(7-36-19)22(28,29)30/h1-7,9,17,31H,8H2,(H,32,33,35). The Morgan fingerprint density at radius 3 is 2.36 bits per heavy atom. The Bertz CT molecular complexity index is 1330.